The molecule has 3 aromatic rings. The molecule has 0 saturated carbocycles. The van der Waals surface area contributed by atoms with E-state index in [1.807, 2.05) is 0 Å². The fourth-order valence-electron chi connectivity index (χ4n) is 2.16. The maximum absolute atomic E-state index is 14.3. The van der Waals surface area contributed by atoms with Gasteiger partial charge in [0.25, 0.3) is 5.92 Å². The minimum absolute atomic E-state index is 0.128. The van der Waals surface area contributed by atoms with Crippen molar-refractivity contribution in [3.63, 3.8) is 0 Å². The number of benzene rings is 2. The molecule has 0 saturated heterocycles. The molecule has 0 fully saturated rings. The summed E-state index contributed by atoms with van der Waals surface area (Å²) >= 11 is 2.06. The zero-order valence-corrected chi connectivity index (χ0v) is 12.9. The quantitative estimate of drug-likeness (QED) is 0.623. The summed E-state index contributed by atoms with van der Waals surface area (Å²) in [5.41, 5.74) is 0.559. The Morgan fingerprint density at radius 2 is 1.86 bits per heavy atom. The Morgan fingerprint density at radius 1 is 1.14 bits per heavy atom. The van der Waals surface area contributed by atoms with Crippen molar-refractivity contribution >= 4 is 33.7 Å². The van der Waals surface area contributed by atoms with Gasteiger partial charge in [0.1, 0.15) is 0 Å². The lowest BCUT2D eigenvalue weighted by Gasteiger charge is -2.16. The molecule has 108 valence electrons. The Kier molecular flexibility index (Phi) is 3.56. The summed E-state index contributed by atoms with van der Waals surface area (Å²) in [6.45, 7) is -0.747. The van der Waals surface area contributed by atoms with E-state index in [2.05, 4.69) is 22.6 Å². The van der Waals surface area contributed by atoms with Crippen molar-refractivity contribution in [1.29, 1.82) is 0 Å². The number of halogens is 3. The second kappa shape index (κ2) is 5.25. The van der Waals surface area contributed by atoms with Crippen molar-refractivity contribution in [2.75, 3.05) is 0 Å². The van der Waals surface area contributed by atoms with Gasteiger partial charge in [-0.3, -0.25) is 4.57 Å². The third-order valence-electron chi connectivity index (χ3n) is 3.18. The first-order valence-corrected chi connectivity index (χ1v) is 7.27. The predicted octanol–water partition coefficient (Wildman–Crippen LogP) is 3.99. The van der Waals surface area contributed by atoms with Crippen molar-refractivity contribution < 1.29 is 13.2 Å². The molecule has 0 N–H and O–H groups in total. The lowest BCUT2D eigenvalue weighted by molar-refractivity contribution is -0.0228. The molecule has 2 aromatic carbocycles. The highest BCUT2D eigenvalue weighted by Crippen LogP contribution is 2.30. The highest BCUT2D eigenvalue weighted by Gasteiger charge is 2.33. The van der Waals surface area contributed by atoms with Crippen LogP contribution in [0.15, 0.2) is 57.7 Å². The number of rotatable bonds is 3. The molecule has 0 unspecified atom stereocenters. The molecule has 0 aliphatic heterocycles. The Balaban J connectivity index is 2.07. The monoisotopic (exact) mass is 401 g/mol. The third kappa shape index (κ3) is 2.72. The number of oxazole rings is 1. The van der Waals surface area contributed by atoms with E-state index < -0.39 is 18.2 Å². The topological polar surface area (TPSA) is 35.1 Å². The zero-order valence-electron chi connectivity index (χ0n) is 10.7. The van der Waals surface area contributed by atoms with Crippen LogP contribution < -0.4 is 5.76 Å². The molecule has 21 heavy (non-hydrogen) atoms. The summed E-state index contributed by atoms with van der Waals surface area (Å²) in [7, 11) is 0. The second-order valence-corrected chi connectivity index (χ2v) is 5.88. The van der Waals surface area contributed by atoms with E-state index in [9.17, 15) is 13.6 Å². The first-order valence-electron chi connectivity index (χ1n) is 6.20. The van der Waals surface area contributed by atoms with Gasteiger partial charge >= 0.3 is 5.76 Å². The van der Waals surface area contributed by atoms with Crippen molar-refractivity contribution in [2.45, 2.75) is 12.5 Å². The van der Waals surface area contributed by atoms with Crippen LogP contribution in [-0.4, -0.2) is 4.57 Å². The number of hydrogen-bond acceptors (Lipinski definition) is 2. The summed E-state index contributed by atoms with van der Waals surface area (Å²) in [5.74, 6) is -3.92. The molecule has 3 nitrogen and oxygen atoms in total. The molecule has 0 amide bonds. The van der Waals surface area contributed by atoms with E-state index in [4.69, 9.17) is 4.42 Å². The van der Waals surface area contributed by atoms with E-state index in [1.54, 1.807) is 36.4 Å². The molecule has 1 heterocycles. The fourth-order valence-corrected chi connectivity index (χ4v) is 2.63. The van der Waals surface area contributed by atoms with E-state index in [0.29, 0.717) is 11.1 Å². The van der Waals surface area contributed by atoms with Crippen molar-refractivity contribution in [3.05, 3.63) is 68.2 Å². The van der Waals surface area contributed by atoms with Crippen LogP contribution in [0, 0.1) is 3.57 Å². The van der Waals surface area contributed by atoms with Crippen LogP contribution in [0.4, 0.5) is 8.78 Å². The molecule has 3 rings (SSSR count). The Morgan fingerprint density at radius 3 is 2.57 bits per heavy atom. The van der Waals surface area contributed by atoms with Gasteiger partial charge in [0, 0.05) is 9.13 Å². The molecule has 0 aliphatic rings. The highest BCUT2D eigenvalue weighted by molar-refractivity contribution is 14.1. The Bertz CT molecular complexity index is 840. The average molecular weight is 401 g/mol. The Hall–Kier alpha value is -1.70. The minimum atomic E-state index is -3.15. The molecule has 6 heteroatoms. The van der Waals surface area contributed by atoms with Crippen LogP contribution in [0.25, 0.3) is 11.1 Å². The number of fused-ring (bicyclic) bond motifs is 1. The maximum atomic E-state index is 14.3. The smallest absolute Gasteiger partial charge is 0.408 e. The van der Waals surface area contributed by atoms with E-state index in [0.717, 1.165) is 8.14 Å². The molecule has 0 bridgehead atoms. The number of alkyl halides is 2. The van der Waals surface area contributed by atoms with Crippen LogP contribution in [0.2, 0.25) is 0 Å². The molecule has 0 spiro atoms. The van der Waals surface area contributed by atoms with Crippen molar-refractivity contribution in [2.24, 2.45) is 0 Å². The molecule has 1 aromatic heterocycles. The summed E-state index contributed by atoms with van der Waals surface area (Å²) < 4.78 is 35.5. The van der Waals surface area contributed by atoms with Gasteiger partial charge in [0.15, 0.2) is 5.58 Å². The van der Waals surface area contributed by atoms with Gasteiger partial charge in [0.05, 0.1) is 12.1 Å². The van der Waals surface area contributed by atoms with E-state index in [-0.39, 0.29) is 5.56 Å². The predicted molar refractivity (Wildman–Crippen MR) is 83.5 cm³/mol. The van der Waals surface area contributed by atoms with Gasteiger partial charge in [-0.25, -0.2) is 4.79 Å². The van der Waals surface area contributed by atoms with Crippen LogP contribution in [-0.2, 0) is 12.5 Å². The normalized spacial score (nSPS) is 12.0. The van der Waals surface area contributed by atoms with Crippen LogP contribution in [0.1, 0.15) is 5.56 Å². The molecular formula is C15H10F2INO2. The maximum Gasteiger partial charge on any atom is 0.420 e. The van der Waals surface area contributed by atoms with Crippen LogP contribution >= 0.6 is 22.6 Å². The largest absolute Gasteiger partial charge is 0.420 e. The second-order valence-electron chi connectivity index (χ2n) is 4.64. The standard InChI is InChI=1S/C15H10F2INO2/c16-15(17,10-4-2-1-3-5-10)9-19-12-8-11(18)6-7-13(12)21-14(19)20/h1-8H,9H2. The fraction of sp³-hybridized carbons (Fsp3) is 0.133. The lowest BCUT2D eigenvalue weighted by Crippen LogP contribution is -2.27. The van der Waals surface area contributed by atoms with Gasteiger partial charge in [-0.2, -0.15) is 8.78 Å². The third-order valence-corrected chi connectivity index (χ3v) is 3.85. The average Bonchev–Trinajstić information content (AvgIpc) is 2.76. The van der Waals surface area contributed by atoms with Gasteiger partial charge in [0.2, 0.25) is 0 Å². The first-order chi connectivity index (χ1) is 9.97. The molecule has 0 atom stereocenters. The summed E-state index contributed by atoms with van der Waals surface area (Å²) in [6, 6.07) is 12.5. The minimum Gasteiger partial charge on any atom is -0.408 e. The van der Waals surface area contributed by atoms with Gasteiger partial charge in [-0.1, -0.05) is 30.3 Å². The highest BCUT2D eigenvalue weighted by atomic mass is 127. The molecular weight excluding hydrogens is 391 g/mol. The van der Waals surface area contributed by atoms with Crippen molar-refractivity contribution in [3.8, 4) is 0 Å². The van der Waals surface area contributed by atoms with Crippen LogP contribution in [0.5, 0.6) is 0 Å². The molecule has 0 radical (unpaired) electrons. The van der Waals surface area contributed by atoms with Gasteiger partial charge < -0.3 is 4.42 Å². The van der Waals surface area contributed by atoms with E-state index >= 15 is 0 Å². The number of aromatic nitrogens is 1. The zero-order chi connectivity index (χ0) is 15.0. The number of nitrogens with zero attached hydrogens (tertiary/aromatic N) is 1. The van der Waals surface area contributed by atoms with Crippen LogP contribution in [0.3, 0.4) is 0 Å². The SMILES string of the molecule is O=c1oc2ccc(I)cc2n1CC(F)(F)c1ccccc1. The van der Waals surface area contributed by atoms with E-state index in [1.165, 1.54) is 12.1 Å². The Labute approximate surface area is 132 Å². The first kappa shape index (κ1) is 14.2. The van der Waals surface area contributed by atoms with Gasteiger partial charge in [-0.05, 0) is 40.8 Å². The van der Waals surface area contributed by atoms with Gasteiger partial charge in [-0.15, -0.1) is 0 Å². The molecule has 0 aliphatic carbocycles. The summed E-state index contributed by atoms with van der Waals surface area (Å²) in [5, 5.41) is 0. The van der Waals surface area contributed by atoms with Crippen molar-refractivity contribution in [1.82, 2.24) is 4.57 Å². The number of hydrogen-bond donors (Lipinski definition) is 0. The summed E-state index contributed by atoms with van der Waals surface area (Å²) in [6.07, 6.45) is 0. The summed E-state index contributed by atoms with van der Waals surface area (Å²) in [4.78, 5) is 11.8. The lowest BCUT2D eigenvalue weighted by atomic mass is 10.1.